The van der Waals surface area contributed by atoms with Gasteiger partial charge in [0.1, 0.15) is 0 Å². The fraction of sp³-hybridized carbons (Fsp3) is 0.0204. The Kier molecular flexibility index (Phi) is 5.41. The molecule has 1 aliphatic rings. The monoisotopic (exact) mass is 618 g/mol. The molecule has 0 radical (unpaired) electrons. The molecule has 0 bridgehead atoms. The Labute approximate surface area is 284 Å². The van der Waals surface area contributed by atoms with Gasteiger partial charge in [-0.15, -0.1) is 0 Å². The SMILES string of the molecule is c1ccc(C2(c3ccccc3)c3c(cccc3-c3ccc4ccc5cccc6ccc3c4c56)-c3c2c2ccccc2c2ccccc32)cc1. The maximum atomic E-state index is 2.38. The molecule has 0 nitrogen and oxygen atoms in total. The molecule has 0 spiro atoms. The first-order valence-electron chi connectivity index (χ1n) is 17.2. The van der Waals surface area contributed by atoms with Gasteiger partial charge in [0.2, 0.25) is 0 Å². The number of rotatable bonds is 3. The van der Waals surface area contributed by atoms with E-state index in [-0.39, 0.29) is 0 Å². The summed E-state index contributed by atoms with van der Waals surface area (Å²) >= 11 is 0. The Morgan fingerprint density at radius 3 is 1.47 bits per heavy atom. The largest absolute Gasteiger partial charge is 0.0725 e. The smallest absolute Gasteiger partial charge is 0.0622 e. The highest BCUT2D eigenvalue weighted by Gasteiger charge is 2.49. The summed E-state index contributed by atoms with van der Waals surface area (Å²) in [5.74, 6) is 0. The lowest BCUT2D eigenvalue weighted by atomic mass is 9.65. The second kappa shape index (κ2) is 9.89. The van der Waals surface area contributed by atoms with Crippen LogP contribution in [0, 0.1) is 0 Å². The van der Waals surface area contributed by atoms with E-state index in [2.05, 4.69) is 182 Å². The van der Waals surface area contributed by atoms with Gasteiger partial charge < -0.3 is 0 Å². The Bertz CT molecular complexity index is 2860. The molecule has 0 atom stereocenters. The normalized spacial score (nSPS) is 13.5. The van der Waals surface area contributed by atoms with Crippen molar-refractivity contribution in [3.63, 3.8) is 0 Å². The number of hydrogen-bond donors (Lipinski definition) is 0. The molecule has 10 aromatic rings. The van der Waals surface area contributed by atoms with Gasteiger partial charge in [0, 0.05) is 0 Å². The zero-order valence-electron chi connectivity index (χ0n) is 26.8. The molecule has 0 heteroatoms. The van der Waals surface area contributed by atoms with Gasteiger partial charge in [0.25, 0.3) is 0 Å². The summed E-state index contributed by atoms with van der Waals surface area (Å²) in [5.41, 5.74) is 9.96. The van der Waals surface area contributed by atoms with Gasteiger partial charge >= 0.3 is 0 Å². The van der Waals surface area contributed by atoms with Crippen LogP contribution in [0.1, 0.15) is 22.3 Å². The van der Waals surface area contributed by atoms with Crippen LogP contribution < -0.4 is 0 Å². The summed E-state index contributed by atoms with van der Waals surface area (Å²) in [5, 5.41) is 13.1. The molecule has 0 unspecified atom stereocenters. The maximum Gasteiger partial charge on any atom is 0.0725 e. The van der Waals surface area contributed by atoms with Gasteiger partial charge in [0.05, 0.1) is 5.41 Å². The topological polar surface area (TPSA) is 0 Å². The second-order valence-corrected chi connectivity index (χ2v) is 13.5. The summed E-state index contributed by atoms with van der Waals surface area (Å²) in [6.07, 6.45) is 0. The first-order valence-corrected chi connectivity index (χ1v) is 17.2. The molecular formula is C49H30. The molecule has 11 rings (SSSR count). The van der Waals surface area contributed by atoms with Crippen LogP contribution in [0.5, 0.6) is 0 Å². The predicted molar refractivity (Wildman–Crippen MR) is 208 cm³/mol. The quantitative estimate of drug-likeness (QED) is 0.173. The van der Waals surface area contributed by atoms with Crippen molar-refractivity contribution in [1.82, 2.24) is 0 Å². The lowest BCUT2D eigenvalue weighted by Gasteiger charge is -2.36. The third kappa shape index (κ3) is 3.43. The van der Waals surface area contributed by atoms with Crippen LogP contribution in [0.4, 0.5) is 0 Å². The van der Waals surface area contributed by atoms with Gasteiger partial charge in [-0.2, -0.15) is 0 Å². The van der Waals surface area contributed by atoms with Crippen molar-refractivity contribution < 1.29 is 0 Å². The van der Waals surface area contributed by atoms with Crippen molar-refractivity contribution in [3.05, 3.63) is 204 Å². The van der Waals surface area contributed by atoms with Gasteiger partial charge in [0.15, 0.2) is 0 Å². The van der Waals surface area contributed by atoms with Crippen molar-refractivity contribution >= 4 is 53.9 Å². The molecule has 0 heterocycles. The zero-order chi connectivity index (χ0) is 32.1. The van der Waals surface area contributed by atoms with E-state index in [1.165, 1.54) is 98.4 Å². The highest BCUT2D eigenvalue weighted by atomic mass is 14.5. The van der Waals surface area contributed by atoms with E-state index in [0.29, 0.717) is 0 Å². The van der Waals surface area contributed by atoms with Crippen LogP contribution in [0.2, 0.25) is 0 Å². The van der Waals surface area contributed by atoms with Crippen molar-refractivity contribution in [1.29, 1.82) is 0 Å². The zero-order valence-corrected chi connectivity index (χ0v) is 26.8. The highest BCUT2D eigenvalue weighted by molar-refractivity contribution is 6.26. The number of hydrogen-bond acceptors (Lipinski definition) is 0. The molecule has 49 heavy (non-hydrogen) atoms. The molecule has 0 saturated carbocycles. The molecule has 0 aromatic heterocycles. The fourth-order valence-electron chi connectivity index (χ4n) is 9.42. The van der Waals surface area contributed by atoms with Gasteiger partial charge in [-0.1, -0.05) is 182 Å². The molecule has 0 aliphatic heterocycles. The van der Waals surface area contributed by atoms with Crippen molar-refractivity contribution in [2.45, 2.75) is 5.41 Å². The molecule has 226 valence electrons. The lowest BCUT2D eigenvalue weighted by molar-refractivity contribution is 0.778. The van der Waals surface area contributed by atoms with E-state index in [0.717, 1.165) is 0 Å². The van der Waals surface area contributed by atoms with Crippen LogP contribution in [0.25, 0.3) is 76.1 Å². The molecule has 0 fully saturated rings. The first-order chi connectivity index (χ1) is 24.3. The van der Waals surface area contributed by atoms with E-state index in [1.807, 2.05) is 0 Å². The molecule has 1 aliphatic carbocycles. The van der Waals surface area contributed by atoms with E-state index < -0.39 is 5.41 Å². The van der Waals surface area contributed by atoms with Gasteiger partial charge in [-0.05, 0) is 98.4 Å². The molecular weight excluding hydrogens is 589 g/mol. The highest BCUT2D eigenvalue weighted by Crippen LogP contribution is 2.62. The standard InChI is InChI=1S/C49H30/c1-3-15-34(16-4-1)49(35-17-5-2-6-18-35)47-41(38-29-27-33-26-25-31-13-11-14-32-28-30-40(38)45(33)44(31)32)23-12-24-43(47)46-39-21-9-7-19-36(39)37-20-8-10-22-42(37)48(46)49/h1-30H. The van der Waals surface area contributed by atoms with Crippen LogP contribution in [0.15, 0.2) is 182 Å². The van der Waals surface area contributed by atoms with E-state index in [4.69, 9.17) is 0 Å². The minimum Gasteiger partial charge on any atom is -0.0622 e. The minimum atomic E-state index is -0.558. The summed E-state index contributed by atoms with van der Waals surface area (Å²) in [7, 11) is 0. The van der Waals surface area contributed by atoms with E-state index >= 15 is 0 Å². The summed E-state index contributed by atoms with van der Waals surface area (Å²) < 4.78 is 0. The minimum absolute atomic E-state index is 0.558. The lowest BCUT2D eigenvalue weighted by Crippen LogP contribution is -2.29. The average Bonchev–Trinajstić information content (AvgIpc) is 3.50. The predicted octanol–water partition coefficient (Wildman–Crippen LogP) is 12.9. The number of benzene rings is 10. The summed E-state index contributed by atoms with van der Waals surface area (Å²) in [6.45, 7) is 0. The Morgan fingerprint density at radius 2 is 0.776 bits per heavy atom. The third-order valence-electron chi connectivity index (χ3n) is 11.2. The van der Waals surface area contributed by atoms with Crippen LogP contribution >= 0.6 is 0 Å². The van der Waals surface area contributed by atoms with Crippen molar-refractivity contribution in [2.75, 3.05) is 0 Å². The molecule has 0 amide bonds. The Morgan fingerprint density at radius 1 is 0.265 bits per heavy atom. The van der Waals surface area contributed by atoms with Crippen molar-refractivity contribution in [2.24, 2.45) is 0 Å². The van der Waals surface area contributed by atoms with Gasteiger partial charge in [-0.25, -0.2) is 0 Å². The fourth-order valence-corrected chi connectivity index (χ4v) is 9.42. The summed E-state index contributed by atoms with van der Waals surface area (Å²) in [4.78, 5) is 0. The molecule has 10 aromatic carbocycles. The number of fused-ring (bicyclic) bond motifs is 8. The van der Waals surface area contributed by atoms with Crippen molar-refractivity contribution in [3.8, 4) is 22.3 Å². The first kappa shape index (κ1) is 26.8. The van der Waals surface area contributed by atoms with Crippen LogP contribution in [0.3, 0.4) is 0 Å². The Hall–Kier alpha value is -6.24. The van der Waals surface area contributed by atoms with E-state index in [1.54, 1.807) is 0 Å². The average molecular weight is 619 g/mol. The van der Waals surface area contributed by atoms with Crippen LogP contribution in [-0.4, -0.2) is 0 Å². The van der Waals surface area contributed by atoms with Gasteiger partial charge in [-0.3, -0.25) is 0 Å². The van der Waals surface area contributed by atoms with E-state index in [9.17, 15) is 0 Å². The third-order valence-corrected chi connectivity index (χ3v) is 11.2. The summed E-state index contributed by atoms with van der Waals surface area (Å²) in [6, 6.07) is 68.2. The maximum absolute atomic E-state index is 2.38. The molecule has 0 N–H and O–H groups in total. The second-order valence-electron chi connectivity index (χ2n) is 13.5. The molecule has 0 saturated heterocycles. The van der Waals surface area contributed by atoms with Crippen LogP contribution in [-0.2, 0) is 5.41 Å². The Balaban J connectivity index is 1.39.